The first-order valence-electron chi connectivity index (χ1n) is 10.4. The third-order valence-electron chi connectivity index (χ3n) is 5.29. The van der Waals surface area contributed by atoms with E-state index in [4.69, 9.17) is 4.74 Å². The number of piperidine rings is 1. The number of nitrogens with zero attached hydrogens (tertiary/aromatic N) is 2. The van der Waals surface area contributed by atoms with Crippen molar-refractivity contribution in [2.45, 2.75) is 38.9 Å². The number of aliphatic imine (C=N–C) groups is 1. The predicted octanol–water partition coefficient (Wildman–Crippen LogP) is 3.26. The predicted molar refractivity (Wildman–Crippen MR) is 117 cm³/mol. The summed E-state index contributed by atoms with van der Waals surface area (Å²) in [6.07, 6.45) is 2.02. The number of methoxy groups -OCH3 is 1. The summed E-state index contributed by atoms with van der Waals surface area (Å²) in [4.78, 5) is 7.03. The average molecular weight is 415 g/mol. The number of rotatable bonds is 7. The fourth-order valence-corrected chi connectivity index (χ4v) is 3.58. The zero-order valence-electron chi connectivity index (χ0n) is 17.7. The fraction of sp³-hybridized carbons (Fsp3) is 0.435. The third kappa shape index (κ3) is 6.35. The SMILES string of the molecule is CCNC(=NCc1cc(OC)ccc1O)NC1CCN(Cc2ccc(F)cc2)CC1. The number of phenols is 1. The Bertz CT molecular complexity index is 834. The van der Waals surface area contributed by atoms with Crippen LogP contribution in [0.4, 0.5) is 4.39 Å². The van der Waals surface area contributed by atoms with Gasteiger partial charge in [-0.25, -0.2) is 9.38 Å². The fourth-order valence-electron chi connectivity index (χ4n) is 3.58. The molecular weight excluding hydrogens is 383 g/mol. The number of likely N-dealkylation sites (tertiary alicyclic amines) is 1. The normalized spacial score (nSPS) is 15.8. The van der Waals surface area contributed by atoms with E-state index in [1.54, 1.807) is 25.3 Å². The first-order chi connectivity index (χ1) is 14.6. The molecule has 7 heteroatoms. The highest BCUT2D eigenvalue weighted by Gasteiger charge is 2.20. The average Bonchev–Trinajstić information content (AvgIpc) is 2.76. The van der Waals surface area contributed by atoms with Crippen LogP contribution >= 0.6 is 0 Å². The largest absolute Gasteiger partial charge is 0.508 e. The van der Waals surface area contributed by atoms with Crippen LogP contribution in [0.2, 0.25) is 0 Å². The molecule has 2 aromatic rings. The summed E-state index contributed by atoms with van der Waals surface area (Å²) in [6.45, 7) is 5.96. The Hall–Kier alpha value is -2.80. The number of hydrogen-bond donors (Lipinski definition) is 3. The first kappa shape index (κ1) is 21.9. The summed E-state index contributed by atoms with van der Waals surface area (Å²) < 4.78 is 18.3. The molecular formula is C23H31FN4O2. The Balaban J connectivity index is 1.53. The van der Waals surface area contributed by atoms with Crippen molar-refractivity contribution < 1.29 is 14.2 Å². The Labute approximate surface area is 177 Å². The van der Waals surface area contributed by atoms with Crippen molar-refractivity contribution in [2.24, 2.45) is 4.99 Å². The first-order valence-corrected chi connectivity index (χ1v) is 10.4. The number of hydrogen-bond acceptors (Lipinski definition) is 4. The zero-order chi connectivity index (χ0) is 21.3. The summed E-state index contributed by atoms with van der Waals surface area (Å²) in [7, 11) is 1.60. The Morgan fingerprint density at radius 2 is 1.93 bits per heavy atom. The lowest BCUT2D eigenvalue weighted by Gasteiger charge is -2.33. The van der Waals surface area contributed by atoms with Gasteiger partial charge in [0.1, 0.15) is 17.3 Å². The van der Waals surface area contributed by atoms with Crippen LogP contribution in [0.5, 0.6) is 11.5 Å². The number of guanidine groups is 1. The number of nitrogens with one attached hydrogen (secondary N) is 2. The molecule has 1 aliphatic heterocycles. The van der Waals surface area contributed by atoms with Gasteiger partial charge in [0.25, 0.3) is 0 Å². The van der Waals surface area contributed by atoms with Crippen LogP contribution in [0.15, 0.2) is 47.5 Å². The van der Waals surface area contributed by atoms with E-state index in [1.807, 2.05) is 19.1 Å². The van der Waals surface area contributed by atoms with Gasteiger partial charge in [-0.05, 0) is 55.7 Å². The molecule has 0 saturated carbocycles. The second-order valence-electron chi connectivity index (χ2n) is 7.51. The molecule has 0 bridgehead atoms. The van der Waals surface area contributed by atoms with E-state index in [2.05, 4.69) is 20.5 Å². The van der Waals surface area contributed by atoms with E-state index in [0.717, 1.165) is 56.1 Å². The van der Waals surface area contributed by atoms with E-state index in [1.165, 1.54) is 12.1 Å². The highest BCUT2D eigenvalue weighted by molar-refractivity contribution is 5.80. The molecule has 2 aromatic carbocycles. The van der Waals surface area contributed by atoms with Crippen molar-refractivity contribution in [3.05, 3.63) is 59.4 Å². The molecule has 1 fully saturated rings. The Morgan fingerprint density at radius 1 is 1.20 bits per heavy atom. The molecule has 0 amide bonds. The monoisotopic (exact) mass is 414 g/mol. The van der Waals surface area contributed by atoms with E-state index < -0.39 is 0 Å². The van der Waals surface area contributed by atoms with Gasteiger partial charge in [-0.15, -0.1) is 0 Å². The summed E-state index contributed by atoms with van der Waals surface area (Å²) >= 11 is 0. The lowest BCUT2D eigenvalue weighted by molar-refractivity contribution is 0.198. The van der Waals surface area contributed by atoms with Gasteiger partial charge < -0.3 is 20.5 Å². The molecule has 1 heterocycles. The van der Waals surface area contributed by atoms with Crippen LogP contribution in [0.25, 0.3) is 0 Å². The van der Waals surface area contributed by atoms with Gasteiger partial charge in [-0.1, -0.05) is 12.1 Å². The zero-order valence-corrected chi connectivity index (χ0v) is 17.7. The van der Waals surface area contributed by atoms with Crippen LogP contribution in [-0.2, 0) is 13.1 Å². The second-order valence-corrected chi connectivity index (χ2v) is 7.51. The van der Waals surface area contributed by atoms with Gasteiger partial charge in [0.15, 0.2) is 5.96 Å². The van der Waals surface area contributed by atoms with Gasteiger partial charge in [0.05, 0.1) is 13.7 Å². The van der Waals surface area contributed by atoms with Crippen LogP contribution < -0.4 is 15.4 Å². The van der Waals surface area contributed by atoms with E-state index in [0.29, 0.717) is 18.3 Å². The maximum atomic E-state index is 13.1. The summed E-state index contributed by atoms with van der Waals surface area (Å²) in [5, 5.41) is 16.9. The molecule has 0 aromatic heterocycles. The minimum Gasteiger partial charge on any atom is -0.508 e. The van der Waals surface area contributed by atoms with Crippen molar-refractivity contribution >= 4 is 5.96 Å². The van der Waals surface area contributed by atoms with E-state index in [-0.39, 0.29) is 11.6 Å². The highest BCUT2D eigenvalue weighted by atomic mass is 19.1. The lowest BCUT2D eigenvalue weighted by Crippen LogP contribution is -2.48. The van der Waals surface area contributed by atoms with Gasteiger partial charge in [0.2, 0.25) is 0 Å². The minimum atomic E-state index is -0.195. The van der Waals surface area contributed by atoms with Crippen LogP contribution in [-0.4, -0.2) is 48.8 Å². The molecule has 3 rings (SSSR count). The van der Waals surface area contributed by atoms with Gasteiger partial charge in [0, 0.05) is 37.8 Å². The smallest absolute Gasteiger partial charge is 0.191 e. The van der Waals surface area contributed by atoms with Crippen LogP contribution in [0.3, 0.4) is 0 Å². The maximum absolute atomic E-state index is 13.1. The molecule has 0 unspecified atom stereocenters. The van der Waals surface area contributed by atoms with Crippen LogP contribution in [0.1, 0.15) is 30.9 Å². The Kier molecular flexibility index (Phi) is 7.90. The van der Waals surface area contributed by atoms with Gasteiger partial charge in [-0.3, -0.25) is 4.90 Å². The maximum Gasteiger partial charge on any atom is 0.191 e. The van der Waals surface area contributed by atoms with Crippen molar-refractivity contribution in [2.75, 3.05) is 26.7 Å². The number of phenolic OH excluding ortho intramolecular Hbond substituents is 1. The van der Waals surface area contributed by atoms with Gasteiger partial charge >= 0.3 is 0 Å². The molecule has 162 valence electrons. The topological polar surface area (TPSA) is 69.1 Å². The minimum absolute atomic E-state index is 0.195. The highest BCUT2D eigenvalue weighted by Crippen LogP contribution is 2.23. The van der Waals surface area contributed by atoms with Crippen molar-refractivity contribution in [1.29, 1.82) is 0 Å². The summed E-state index contributed by atoms with van der Waals surface area (Å²) in [6, 6.07) is 12.2. The summed E-state index contributed by atoms with van der Waals surface area (Å²) in [5.74, 6) is 1.46. The Morgan fingerprint density at radius 3 is 2.60 bits per heavy atom. The lowest BCUT2D eigenvalue weighted by atomic mass is 10.0. The van der Waals surface area contributed by atoms with Crippen molar-refractivity contribution in [3.63, 3.8) is 0 Å². The molecule has 0 aliphatic carbocycles. The molecule has 3 N–H and O–H groups in total. The summed E-state index contributed by atoms with van der Waals surface area (Å²) in [5.41, 5.74) is 1.86. The number of ether oxygens (including phenoxy) is 1. The number of halogens is 1. The standard InChI is InChI=1S/C23H31FN4O2/c1-3-25-23(26-15-18-14-21(30-2)8-9-22(18)29)27-20-10-12-28(13-11-20)16-17-4-6-19(24)7-5-17/h4-9,14,20,29H,3,10-13,15-16H2,1-2H3,(H2,25,26,27). The quantitative estimate of drug-likeness (QED) is 0.479. The van der Waals surface area contributed by atoms with Crippen molar-refractivity contribution in [1.82, 2.24) is 15.5 Å². The van der Waals surface area contributed by atoms with E-state index >= 15 is 0 Å². The molecule has 1 saturated heterocycles. The molecule has 0 radical (unpaired) electrons. The molecule has 6 nitrogen and oxygen atoms in total. The third-order valence-corrected chi connectivity index (χ3v) is 5.29. The van der Waals surface area contributed by atoms with E-state index in [9.17, 15) is 9.50 Å². The number of aromatic hydroxyl groups is 1. The molecule has 0 spiro atoms. The molecule has 30 heavy (non-hydrogen) atoms. The van der Waals surface area contributed by atoms with Crippen LogP contribution in [0, 0.1) is 5.82 Å². The molecule has 1 aliphatic rings. The number of benzene rings is 2. The second kappa shape index (κ2) is 10.8. The van der Waals surface area contributed by atoms with Gasteiger partial charge in [-0.2, -0.15) is 0 Å². The molecule has 0 atom stereocenters. The van der Waals surface area contributed by atoms with Crippen molar-refractivity contribution in [3.8, 4) is 11.5 Å².